The number of benzene rings is 3. The summed E-state index contributed by atoms with van der Waals surface area (Å²) in [6.45, 7) is 0.935. The normalized spacial score (nSPS) is 18.1. The number of carbonyl (C=O) groups excluding carboxylic acids is 2. The number of ether oxygens (including phenoxy) is 1. The molecule has 6 heteroatoms. The SMILES string of the molecule is COc1ccc(NC(=O)[C@H]2C[C@H](c3ccccc3)CN(C(=O)c3ccc(Cl)cc3)C2)cc1. The van der Waals surface area contributed by atoms with Gasteiger partial charge in [0.15, 0.2) is 0 Å². The van der Waals surface area contributed by atoms with Crippen molar-refractivity contribution in [1.82, 2.24) is 4.90 Å². The lowest BCUT2D eigenvalue weighted by Crippen LogP contribution is -2.46. The molecule has 0 aliphatic carbocycles. The van der Waals surface area contributed by atoms with Crippen LogP contribution in [0.5, 0.6) is 5.75 Å². The molecular weight excluding hydrogens is 424 g/mol. The van der Waals surface area contributed by atoms with Crippen LogP contribution in [-0.2, 0) is 4.79 Å². The first-order valence-corrected chi connectivity index (χ1v) is 11.0. The Balaban J connectivity index is 1.55. The molecule has 3 aromatic rings. The van der Waals surface area contributed by atoms with Gasteiger partial charge in [0, 0.05) is 35.3 Å². The average molecular weight is 449 g/mol. The number of hydrogen-bond acceptors (Lipinski definition) is 3. The van der Waals surface area contributed by atoms with Gasteiger partial charge in [0.25, 0.3) is 5.91 Å². The lowest BCUT2D eigenvalue weighted by Gasteiger charge is -2.37. The van der Waals surface area contributed by atoms with E-state index < -0.39 is 0 Å². The van der Waals surface area contributed by atoms with Crippen molar-refractivity contribution in [3.8, 4) is 5.75 Å². The molecule has 1 saturated heterocycles. The average Bonchev–Trinajstić information content (AvgIpc) is 2.85. The Kier molecular flexibility index (Phi) is 6.76. The van der Waals surface area contributed by atoms with Crippen LogP contribution in [0.4, 0.5) is 5.69 Å². The summed E-state index contributed by atoms with van der Waals surface area (Å²) in [5.41, 5.74) is 2.40. The van der Waals surface area contributed by atoms with Crippen LogP contribution in [0.2, 0.25) is 5.02 Å². The second kappa shape index (κ2) is 9.88. The summed E-state index contributed by atoms with van der Waals surface area (Å²) in [5.74, 6) is 0.291. The summed E-state index contributed by atoms with van der Waals surface area (Å²) in [7, 11) is 1.60. The molecule has 2 amide bonds. The number of nitrogens with zero attached hydrogens (tertiary/aromatic N) is 1. The topological polar surface area (TPSA) is 58.6 Å². The summed E-state index contributed by atoms with van der Waals surface area (Å²) in [6, 6.07) is 24.2. The van der Waals surface area contributed by atoms with Crippen LogP contribution in [0, 0.1) is 5.92 Å². The van der Waals surface area contributed by atoms with Crippen LogP contribution in [0.3, 0.4) is 0 Å². The second-order valence-electron chi connectivity index (χ2n) is 7.98. The molecule has 0 spiro atoms. The highest BCUT2D eigenvalue weighted by Gasteiger charge is 2.35. The van der Waals surface area contributed by atoms with Gasteiger partial charge in [0.1, 0.15) is 5.75 Å². The number of amides is 2. The van der Waals surface area contributed by atoms with Crippen LogP contribution >= 0.6 is 11.6 Å². The molecule has 2 atom stereocenters. The number of nitrogens with one attached hydrogen (secondary N) is 1. The molecule has 4 rings (SSSR count). The second-order valence-corrected chi connectivity index (χ2v) is 8.41. The van der Waals surface area contributed by atoms with Crippen molar-refractivity contribution in [2.75, 3.05) is 25.5 Å². The quantitative estimate of drug-likeness (QED) is 0.581. The van der Waals surface area contributed by atoms with E-state index in [1.54, 1.807) is 48.4 Å². The molecule has 1 N–H and O–H groups in total. The molecule has 0 bridgehead atoms. The predicted molar refractivity (Wildman–Crippen MR) is 126 cm³/mol. The highest BCUT2D eigenvalue weighted by molar-refractivity contribution is 6.30. The first-order chi connectivity index (χ1) is 15.5. The smallest absolute Gasteiger partial charge is 0.253 e. The minimum absolute atomic E-state index is 0.0767. The maximum Gasteiger partial charge on any atom is 0.253 e. The van der Waals surface area contributed by atoms with Crippen molar-refractivity contribution in [1.29, 1.82) is 0 Å². The highest BCUT2D eigenvalue weighted by atomic mass is 35.5. The van der Waals surface area contributed by atoms with Crippen LogP contribution in [0.25, 0.3) is 0 Å². The third kappa shape index (κ3) is 5.11. The summed E-state index contributed by atoms with van der Waals surface area (Å²) in [5, 5.41) is 3.57. The largest absolute Gasteiger partial charge is 0.497 e. The lowest BCUT2D eigenvalue weighted by molar-refractivity contribution is -0.121. The summed E-state index contributed by atoms with van der Waals surface area (Å²) < 4.78 is 5.18. The van der Waals surface area contributed by atoms with Gasteiger partial charge in [-0.3, -0.25) is 9.59 Å². The third-order valence-corrected chi connectivity index (χ3v) is 6.08. The lowest BCUT2D eigenvalue weighted by atomic mass is 9.83. The van der Waals surface area contributed by atoms with Crippen molar-refractivity contribution in [2.24, 2.45) is 5.92 Å². The van der Waals surface area contributed by atoms with Gasteiger partial charge in [0.2, 0.25) is 5.91 Å². The van der Waals surface area contributed by atoms with E-state index >= 15 is 0 Å². The van der Waals surface area contributed by atoms with E-state index in [1.807, 2.05) is 30.3 Å². The standard InChI is InChI=1S/C26H25ClN2O3/c1-32-24-13-11-23(12-14-24)28-25(30)21-15-20(18-5-3-2-4-6-18)16-29(17-21)26(31)19-7-9-22(27)10-8-19/h2-14,20-21H,15-17H2,1H3,(H,28,30)/t20-,21-/m0/s1. The molecule has 1 aliphatic rings. The number of hydrogen-bond donors (Lipinski definition) is 1. The summed E-state index contributed by atoms with van der Waals surface area (Å²) in [4.78, 5) is 28.2. The number of anilines is 1. The van der Waals surface area contributed by atoms with Gasteiger partial charge in [-0.15, -0.1) is 0 Å². The Morgan fingerprint density at radius 1 is 0.938 bits per heavy atom. The van der Waals surface area contributed by atoms with Crippen LogP contribution < -0.4 is 10.1 Å². The summed E-state index contributed by atoms with van der Waals surface area (Å²) in [6.07, 6.45) is 0.677. The highest BCUT2D eigenvalue weighted by Crippen LogP contribution is 2.32. The Hall–Kier alpha value is -3.31. The van der Waals surface area contributed by atoms with E-state index in [2.05, 4.69) is 17.4 Å². The molecule has 1 aliphatic heterocycles. The molecule has 1 fully saturated rings. The van der Waals surface area contributed by atoms with Gasteiger partial charge in [0.05, 0.1) is 13.0 Å². The van der Waals surface area contributed by atoms with E-state index in [4.69, 9.17) is 16.3 Å². The molecular formula is C26H25ClN2O3. The Bertz CT molecular complexity index is 1070. The van der Waals surface area contributed by atoms with E-state index in [9.17, 15) is 9.59 Å². The molecule has 32 heavy (non-hydrogen) atoms. The van der Waals surface area contributed by atoms with Gasteiger partial charge in [-0.1, -0.05) is 41.9 Å². The molecule has 5 nitrogen and oxygen atoms in total. The van der Waals surface area contributed by atoms with Crippen LogP contribution in [0.1, 0.15) is 28.3 Å². The number of likely N-dealkylation sites (tertiary alicyclic amines) is 1. The molecule has 0 radical (unpaired) electrons. The number of carbonyl (C=O) groups is 2. The molecule has 0 saturated carbocycles. The molecule has 0 aromatic heterocycles. The van der Waals surface area contributed by atoms with Gasteiger partial charge in [-0.2, -0.15) is 0 Å². The predicted octanol–water partition coefficient (Wildman–Crippen LogP) is 5.23. The Labute approximate surface area is 193 Å². The fourth-order valence-corrected chi connectivity index (χ4v) is 4.24. The molecule has 164 valence electrons. The van der Waals surface area contributed by atoms with Crippen molar-refractivity contribution in [3.63, 3.8) is 0 Å². The molecule has 1 heterocycles. The number of rotatable bonds is 5. The molecule has 3 aromatic carbocycles. The van der Waals surface area contributed by atoms with E-state index in [0.717, 1.165) is 11.3 Å². The van der Waals surface area contributed by atoms with Gasteiger partial charge >= 0.3 is 0 Å². The summed E-state index contributed by atoms with van der Waals surface area (Å²) >= 11 is 5.98. The van der Waals surface area contributed by atoms with Crippen LogP contribution in [-0.4, -0.2) is 36.9 Å². The zero-order chi connectivity index (χ0) is 22.5. The van der Waals surface area contributed by atoms with Gasteiger partial charge in [-0.25, -0.2) is 0 Å². The maximum atomic E-state index is 13.2. The first kappa shape index (κ1) is 21.9. The number of piperidine rings is 1. The first-order valence-electron chi connectivity index (χ1n) is 10.6. The van der Waals surface area contributed by atoms with Crippen molar-refractivity contribution in [3.05, 3.63) is 95.0 Å². The Morgan fingerprint density at radius 2 is 1.62 bits per heavy atom. The van der Waals surface area contributed by atoms with Gasteiger partial charge < -0.3 is 15.0 Å². The minimum atomic E-state index is -0.327. The van der Waals surface area contributed by atoms with Crippen molar-refractivity contribution >= 4 is 29.1 Å². The number of methoxy groups -OCH3 is 1. The zero-order valence-corrected chi connectivity index (χ0v) is 18.6. The van der Waals surface area contributed by atoms with E-state index in [-0.39, 0.29) is 23.7 Å². The minimum Gasteiger partial charge on any atom is -0.497 e. The van der Waals surface area contributed by atoms with Crippen molar-refractivity contribution in [2.45, 2.75) is 12.3 Å². The fourth-order valence-electron chi connectivity index (χ4n) is 4.12. The van der Waals surface area contributed by atoms with Gasteiger partial charge in [-0.05, 0) is 60.5 Å². The van der Waals surface area contributed by atoms with Crippen LogP contribution in [0.15, 0.2) is 78.9 Å². The van der Waals surface area contributed by atoms with E-state index in [0.29, 0.717) is 35.8 Å². The third-order valence-electron chi connectivity index (χ3n) is 5.83. The fraction of sp³-hybridized carbons (Fsp3) is 0.231. The molecule has 0 unspecified atom stereocenters. The maximum absolute atomic E-state index is 13.2. The Morgan fingerprint density at radius 3 is 2.28 bits per heavy atom. The van der Waals surface area contributed by atoms with E-state index in [1.165, 1.54) is 0 Å². The zero-order valence-electron chi connectivity index (χ0n) is 17.8. The number of halogens is 1. The van der Waals surface area contributed by atoms with Crippen molar-refractivity contribution < 1.29 is 14.3 Å². The monoisotopic (exact) mass is 448 g/mol.